The smallest absolute Gasteiger partial charge is 0.251 e. The highest BCUT2D eigenvalue weighted by Crippen LogP contribution is 2.11. The van der Waals surface area contributed by atoms with Gasteiger partial charge in [-0.2, -0.15) is 0 Å². The first-order chi connectivity index (χ1) is 11.6. The van der Waals surface area contributed by atoms with Crippen molar-refractivity contribution in [1.29, 1.82) is 0 Å². The second-order valence-electron chi connectivity index (χ2n) is 5.87. The molecule has 2 aromatic carbocycles. The van der Waals surface area contributed by atoms with Crippen LogP contribution in [0.3, 0.4) is 0 Å². The van der Waals surface area contributed by atoms with Crippen LogP contribution >= 0.6 is 0 Å². The molecule has 2 N–H and O–H groups in total. The standard InChI is InChI=1S/C20H24N2O2/c1-3-5-16-8-10-18(11-9-16)22-19(23)12-13-21-20(24)17-7-4-6-15(2)14-17/h4,6-11,14H,3,5,12-13H2,1-2H3,(H,21,24)(H,22,23). The highest BCUT2D eigenvalue weighted by Gasteiger charge is 2.07. The molecule has 0 unspecified atom stereocenters. The summed E-state index contributed by atoms with van der Waals surface area (Å²) in [7, 11) is 0. The third kappa shape index (κ3) is 5.54. The predicted molar refractivity (Wildman–Crippen MR) is 97.2 cm³/mol. The summed E-state index contributed by atoms with van der Waals surface area (Å²) in [5, 5.41) is 5.61. The lowest BCUT2D eigenvalue weighted by atomic mass is 10.1. The molecular weight excluding hydrogens is 300 g/mol. The molecule has 0 spiro atoms. The Bertz CT molecular complexity index is 693. The average Bonchev–Trinajstić information content (AvgIpc) is 2.57. The van der Waals surface area contributed by atoms with Gasteiger partial charge in [-0.3, -0.25) is 9.59 Å². The van der Waals surface area contributed by atoms with Crippen molar-refractivity contribution in [2.24, 2.45) is 0 Å². The van der Waals surface area contributed by atoms with E-state index in [0.717, 1.165) is 24.1 Å². The zero-order valence-corrected chi connectivity index (χ0v) is 14.3. The van der Waals surface area contributed by atoms with Crippen molar-refractivity contribution in [3.8, 4) is 0 Å². The number of carbonyl (C=O) groups excluding carboxylic acids is 2. The molecule has 0 aromatic heterocycles. The van der Waals surface area contributed by atoms with E-state index in [9.17, 15) is 9.59 Å². The molecule has 0 aliphatic heterocycles. The Labute approximate surface area is 143 Å². The summed E-state index contributed by atoms with van der Waals surface area (Å²) in [4.78, 5) is 23.9. The minimum Gasteiger partial charge on any atom is -0.352 e. The maximum Gasteiger partial charge on any atom is 0.251 e. The number of aryl methyl sites for hydroxylation is 2. The van der Waals surface area contributed by atoms with Crippen LogP contribution in [0.2, 0.25) is 0 Å². The normalized spacial score (nSPS) is 10.2. The lowest BCUT2D eigenvalue weighted by molar-refractivity contribution is -0.116. The molecule has 0 bridgehead atoms. The van der Waals surface area contributed by atoms with E-state index in [1.54, 1.807) is 6.07 Å². The average molecular weight is 324 g/mol. The van der Waals surface area contributed by atoms with Gasteiger partial charge >= 0.3 is 0 Å². The monoisotopic (exact) mass is 324 g/mol. The molecule has 0 aliphatic carbocycles. The maximum atomic E-state index is 12.0. The third-order valence-corrected chi connectivity index (χ3v) is 3.69. The first kappa shape index (κ1) is 17.7. The summed E-state index contributed by atoms with van der Waals surface area (Å²) < 4.78 is 0. The molecule has 2 aromatic rings. The molecule has 0 saturated heterocycles. The number of amides is 2. The highest BCUT2D eigenvalue weighted by molar-refractivity contribution is 5.95. The molecule has 0 radical (unpaired) electrons. The second kappa shape index (κ2) is 8.87. The fraction of sp³-hybridized carbons (Fsp3) is 0.300. The molecule has 0 heterocycles. The summed E-state index contributed by atoms with van der Waals surface area (Å²) in [5.74, 6) is -0.266. The zero-order chi connectivity index (χ0) is 17.4. The van der Waals surface area contributed by atoms with E-state index in [0.29, 0.717) is 12.1 Å². The van der Waals surface area contributed by atoms with E-state index < -0.39 is 0 Å². The van der Waals surface area contributed by atoms with Crippen LogP contribution in [0.4, 0.5) is 5.69 Å². The Morgan fingerprint density at radius 2 is 1.79 bits per heavy atom. The number of benzene rings is 2. The van der Waals surface area contributed by atoms with Gasteiger partial charge in [0.15, 0.2) is 0 Å². The van der Waals surface area contributed by atoms with E-state index in [1.165, 1.54) is 5.56 Å². The van der Waals surface area contributed by atoms with Crippen LogP contribution in [-0.2, 0) is 11.2 Å². The van der Waals surface area contributed by atoms with Crippen LogP contribution in [0, 0.1) is 6.92 Å². The minimum absolute atomic E-state index is 0.109. The van der Waals surface area contributed by atoms with E-state index in [1.807, 2.05) is 49.4 Å². The predicted octanol–water partition coefficient (Wildman–Crippen LogP) is 3.71. The fourth-order valence-electron chi connectivity index (χ4n) is 2.44. The van der Waals surface area contributed by atoms with Gasteiger partial charge in [0, 0.05) is 24.2 Å². The van der Waals surface area contributed by atoms with Gasteiger partial charge in [0.25, 0.3) is 5.91 Å². The summed E-state index contributed by atoms with van der Waals surface area (Å²) >= 11 is 0. The lowest BCUT2D eigenvalue weighted by Gasteiger charge is -2.08. The number of nitrogens with one attached hydrogen (secondary N) is 2. The Balaban J connectivity index is 1.75. The van der Waals surface area contributed by atoms with Gasteiger partial charge in [0.05, 0.1) is 0 Å². The van der Waals surface area contributed by atoms with Crippen molar-refractivity contribution < 1.29 is 9.59 Å². The van der Waals surface area contributed by atoms with Crippen LogP contribution in [0.25, 0.3) is 0 Å². The lowest BCUT2D eigenvalue weighted by Crippen LogP contribution is -2.27. The molecule has 2 amide bonds. The van der Waals surface area contributed by atoms with E-state index in [-0.39, 0.29) is 18.2 Å². The summed E-state index contributed by atoms with van der Waals surface area (Å²) in [6, 6.07) is 15.3. The van der Waals surface area contributed by atoms with Crippen LogP contribution in [0.1, 0.15) is 41.3 Å². The van der Waals surface area contributed by atoms with Gasteiger partial charge < -0.3 is 10.6 Å². The van der Waals surface area contributed by atoms with Gasteiger partial charge in [0.1, 0.15) is 0 Å². The first-order valence-corrected chi connectivity index (χ1v) is 8.32. The number of anilines is 1. The van der Waals surface area contributed by atoms with Crippen molar-refractivity contribution in [1.82, 2.24) is 5.32 Å². The van der Waals surface area contributed by atoms with Crippen molar-refractivity contribution in [2.45, 2.75) is 33.1 Å². The largest absolute Gasteiger partial charge is 0.352 e. The second-order valence-corrected chi connectivity index (χ2v) is 5.87. The molecule has 4 nitrogen and oxygen atoms in total. The summed E-state index contributed by atoms with van der Waals surface area (Å²) in [5.41, 5.74) is 3.69. The maximum absolute atomic E-state index is 12.0. The molecule has 2 rings (SSSR count). The van der Waals surface area contributed by atoms with Gasteiger partial charge in [-0.1, -0.05) is 43.2 Å². The van der Waals surface area contributed by atoms with Gasteiger partial charge in [-0.15, -0.1) is 0 Å². The minimum atomic E-state index is -0.157. The molecule has 0 saturated carbocycles. The SMILES string of the molecule is CCCc1ccc(NC(=O)CCNC(=O)c2cccc(C)c2)cc1. The van der Waals surface area contributed by atoms with Crippen molar-refractivity contribution in [3.05, 3.63) is 65.2 Å². The third-order valence-electron chi connectivity index (χ3n) is 3.69. The molecular formula is C20H24N2O2. The van der Waals surface area contributed by atoms with Gasteiger partial charge in [-0.05, 0) is 43.2 Å². The van der Waals surface area contributed by atoms with E-state index in [4.69, 9.17) is 0 Å². The van der Waals surface area contributed by atoms with Crippen LogP contribution < -0.4 is 10.6 Å². The van der Waals surface area contributed by atoms with E-state index in [2.05, 4.69) is 17.6 Å². The molecule has 4 heteroatoms. The fourth-order valence-corrected chi connectivity index (χ4v) is 2.44. The molecule has 24 heavy (non-hydrogen) atoms. The number of carbonyl (C=O) groups is 2. The Morgan fingerprint density at radius 3 is 2.46 bits per heavy atom. The van der Waals surface area contributed by atoms with Crippen molar-refractivity contribution in [3.63, 3.8) is 0 Å². The van der Waals surface area contributed by atoms with Crippen molar-refractivity contribution >= 4 is 17.5 Å². The van der Waals surface area contributed by atoms with Crippen LogP contribution in [-0.4, -0.2) is 18.4 Å². The summed E-state index contributed by atoms with van der Waals surface area (Å²) in [6.07, 6.45) is 2.39. The quantitative estimate of drug-likeness (QED) is 0.816. The molecule has 0 fully saturated rings. The van der Waals surface area contributed by atoms with Gasteiger partial charge in [0.2, 0.25) is 5.91 Å². The summed E-state index contributed by atoms with van der Waals surface area (Å²) in [6.45, 7) is 4.39. The topological polar surface area (TPSA) is 58.2 Å². The van der Waals surface area contributed by atoms with E-state index >= 15 is 0 Å². The van der Waals surface area contributed by atoms with Gasteiger partial charge in [-0.25, -0.2) is 0 Å². The number of hydrogen-bond donors (Lipinski definition) is 2. The molecule has 0 aliphatic rings. The number of rotatable bonds is 7. The Kier molecular flexibility index (Phi) is 6.55. The zero-order valence-electron chi connectivity index (χ0n) is 14.3. The highest BCUT2D eigenvalue weighted by atomic mass is 16.2. The molecule has 126 valence electrons. The number of hydrogen-bond acceptors (Lipinski definition) is 2. The van der Waals surface area contributed by atoms with Crippen LogP contribution in [0.5, 0.6) is 0 Å². The van der Waals surface area contributed by atoms with Crippen LogP contribution in [0.15, 0.2) is 48.5 Å². The first-order valence-electron chi connectivity index (χ1n) is 8.32. The molecule has 0 atom stereocenters. The Morgan fingerprint density at radius 1 is 1.04 bits per heavy atom. The Hall–Kier alpha value is -2.62. The van der Waals surface area contributed by atoms with Crippen molar-refractivity contribution in [2.75, 3.05) is 11.9 Å².